The van der Waals surface area contributed by atoms with E-state index in [9.17, 15) is 4.21 Å². The van der Waals surface area contributed by atoms with Crippen molar-refractivity contribution < 1.29 is 8.73 Å². The highest BCUT2D eigenvalue weighted by molar-refractivity contribution is 7.84. The quantitative estimate of drug-likeness (QED) is 0.866. The second kappa shape index (κ2) is 5.95. The Labute approximate surface area is 133 Å². The Morgan fingerprint density at radius 2 is 2.09 bits per heavy atom. The minimum atomic E-state index is -1.03. The summed E-state index contributed by atoms with van der Waals surface area (Å²) in [5, 5.41) is 4.09. The van der Waals surface area contributed by atoms with Crippen molar-refractivity contribution in [1.29, 1.82) is 0 Å². The minimum absolute atomic E-state index is 0.0786. The molecule has 2 aromatic rings. The van der Waals surface area contributed by atoms with Gasteiger partial charge in [-0.3, -0.25) is 4.21 Å². The summed E-state index contributed by atoms with van der Waals surface area (Å²) in [6.07, 6.45) is 3.13. The molecule has 0 unspecified atom stereocenters. The average molecular weight is 318 g/mol. The molecule has 0 aliphatic heterocycles. The molecule has 0 amide bonds. The molecule has 1 aromatic heterocycles. The molecule has 1 aliphatic carbocycles. The molecule has 3 rings (SSSR count). The Bertz CT molecular complexity index is 688. The first-order chi connectivity index (χ1) is 10.4. The molecule has 0 radical (unpaired) electrons. The van der Waals surface area contributed by atoms with Crippen LogP contribution in [-0.4, -0.2) is 14.3 Å². The van der Waals surface area contributed by atoms with Gasteiger partial charge >= 0.3 is 0 Å². The van der Waals surface area contributed by atoms with Crippen molar-refractivity contribution in [3.8, 4) is 0 Å². The van der Waals surface area contributed by atoms with Gasteiger partial charge in [-0.2, -0.15) is 4.98 Å². The van der Waals surface area contributed by atoms with Gasteiger partial charge in [0.25, 0.3) is 0 Å². The molecule has 1 heterocycles. The fourth-order valence-electron chi connectivity index (χ4n) is 2.82. The largest absolute Gasteiger partial charge is 0.338 e. The summed E-state index contributed by atoms with van der Waals surface area (Å²) in [5.74, 6) is 1.48. The third-order valence-electron chi connectivity index (χ3n) is 4.04. The van der Waals surface area contributed by atoms with E-state index in [0.29, 0.717) is 17.5 Å². The van der Waals surface area contributed by atoms with Crippen molar-refractivity contribution in [1.82, 2.24) is 10.1 Å². The van der Waals surface area contributed by atoms with Gasteiger partial charge < -0.3 is 4.52 Å². The second-order valence-corrected chi connectivity index (χ2v) is 8.49. The molecule has 118 valence electrons. The molecule has 0 spiro atoms. The highest BCUT2D eigenvalue weighted by Gasteiger charge is 2.27. The van der Waals surface area contributed by atoms with Crippen molar-refractivity contribution in [3.05, 3.63) is 47.1 Å². The van der Waals surface area contributed by atoms with E-state index in [4.69, 9.17) is 4.52 Å². The average Bonchev–Trinajstić information content (AvgIpc) is 2.95. The van der Waals surface area contributed by atoms with Crippen LogP contribution in [0.5, 0.6) is 0 Å². The number of aromatic nitrogens is 2. The number of hydrogen-bond acceptors (Lipinski definition) is 4. The molecule has 0 N–H and O–H groups in total. The molecule has 0 fully saturated rings. The van der Waals surface area contributed by atoms with Crippen LogP contribution in [0.3, 0.4) is 0 Å². The molecule has 2 atom stereocenters. The van der Waals surface area contributed by atoms with E-state index in [2.05, 4.69) is 28.3 Å². The predicted molar refractivity (Wildman–Crippen MR) is 87.0 cm³/mol. The highest BCUT2D eigenvalue weighted by Crippen LogP contribution is 2.35. The van der Waals surface area contributed by atoms with Crippen LogP contribution in [-0.2, 0) is 28.4 Å². The lowest BCUT2D eigenvalue weighted by Crippen LogP contribution is -2.16. The Balaban J connectivity index is 1.77. The van der Waals surface area contributed by atoms with Crippen LogP contribution in [0.15, 0.2) is 28.8 Å². The number of benzene rings is 1. The Kier molecular flexibility index (Phi) is 4.17. The molecular formula is C17H22N2O2S. The lowest BCUT2D eigenvalue weighted by molar-refractivity contribution is 0.372. The van der Waals surface area contributed by atoms with Crippen LogP contribution in [0, 0.1) is 0 Å². The standard InChI is InChI=1S/C17H22N2O2S/c1-17(2,3)16-18-15(21-19-16)11-22(20)14-10-6-8-12-7-4-5-9-13(12)14/h4-5,7,9,14H,6,8,10-11H2,1-3H3/t14-,22-/m1/s1. The highest BCUT2D eigenvalue weighted by atomic mass is 32.2. The monoisotopic (exact) mass is 318 g/mol. The molecule has 0 saturated heterocycles. The maximum atomic E-state index is 12.8. The molecule has 1 aromatic carbocycles. The van der Waals surface area contributed by atoms with Gasteiger partial charge in [0.1, 0.15) is 5.75 Å². The fourth-order valence-corrected chi connectivity index (χ4v) is 4.33. The number of rotatable bonds is 3. The number of fused-ring (bicyclic) bond motifs is 1. The summed E-state index contributed by atoms with van der Waals surface area (Å²) in [6.45, 7) is 6.11. The van der Waals surface area contributed by atoms with Crippen molar-refractivity contribution in [2.45, 2.75) is 56.5 Å². The molecule has 22 heavy (non-hydrogen) atoms. The zero-order valence-electron chi connectivity index (χ0n) is 13.3. The Hall–Kier alpha value is -1.49. The fraction of sp³-hybridized carbons (Fsp3) is 0.529. The smallest absolute Gasteiger partial charge is 0.239 e. The zero-order chi connectivity index (χ0) is 15.7. The lowest BCUT2D eigenvalue weighted by atomic mass is 9.91. The summed E-state index contributed by atoms with van der Waals surface area (Å²) in [7, 11) is -1.03. The van der Waals surface area contributed by atoms with Gasteiger partial charge in [0.2, 0.25) is 5.89 Å². The summed E-state index contributed by atoms with van der Waals surface area (Å²) >= 11 is 0. The van der Waals surface area contributed by atoms with E-state index in [1.165, 1.54) is 11.1 Å². The SMILES string of the molecule is CC(C)(C)c1noc(C[S@@](=O)[C@@H]2CCCc3ccccc32)n1. The van der Waals surface area contributed by atoms with Crippen molar-refractivity contribution in [2.75, 3.05) is 0 Å². The van der Waals surface area contributed by atoms with Crippen LogP contribution in [0.2, 0.25) is 0 Å². The van der Waals surface area contributed by atoms with Gasteiger partial charge in [-0.1, -0.05) is 50.2 Å². The Morgan fingerprint density at radius 1 is 1.32 bits per heavy atom. The third-order valence-corrected chi connectivity index (χ3v) is 5.69. The zero-order valence-corrected chi connectivity index (χ0v) is 14.2. The normalized spacial score (nSPS) is 19.7. The summed E-state index contributed by atoms with van der Waals surface area (Å²) < 4.78 is 18.1. The van der Waals surface area contributed by atoms with E-state index in [-0.39, 0.29) is 10.7 Å². The molecule has 5 heteroatoms. The van der Waals surface area contributed by atoms with Crippen LogP contribution in [0.1, 0.15) is 61.7 Å². The first-order valence-corrected chi connectivity index (χ1v) is 9.11. The summed E-state index contributed by atoms with van der Waals surface area (Å²) in [5.41, 5.74) is 2.40. The van der Waals surface area contributed by atoms with Gasteiger partial charge in [-0.15, -0.1) is 0 Å². The summed E-state index contributed by atoms with van der Waals surface area (Å²) in [4.78, 5) is 4.40. The second-order valence-electron chi connectivity index (χ2n) is 6.87. The van der Waals surface area contributed by atoms with E-state index >= 15 is 0 Å². The first-order valence-electron chi connectivity index (χ1n) is 7.73. The van der Waals surface area contributed by atoms with Gasteiger partial charge in [-0.25, -0.2) is 0 Å². The third kappa shape index (κ3) is 3.14. The van der Waals surface area contributed by atoms with Crippen molar-refractivity contribution in [2.24, 2.45) is 0 Å². The van der Waals surface area contributed by atoms with Gasteiger partial charge in [-0.05, 0) is 30.4 Å². The van der Waals surface area contributed by atoms with E-state index in [1.54, 1.807) is 0 Å². The topological polar surface area (TPSA) is 56.0 Å². The lowest BCUT2D eigenvalue weighted by Gasteiger charge is -2.24. The van der Waals surface area contributed by atoms with Crippen molar-refractivity contribution >= 4 is 10.8 Å². The van der Waals surface area contributed by atoms with E-state index in [1.807, 2.05) is 26.8 Å². The maximum Gasteiger partial charge on any atom is 0.239 e. The van der Waals surface area contributed by atoms with Crippen molar-refractivity contribution in [3.63, 3.8) is 0 Å². The molecule has 0 saturated carbocycles. The number of aryl methyl sites for hydroxylation is 1. The maximum absolute atomic E-state index is 12.8. The first kappa shape index (κ1) is 15.4. The minimum Gasteiger partial charge on any atom is -0.338 e. The molecule has 4 nitrogen and oxygen atoms in total. The van der Waals surface area contributed by atoms with Gasteiger partial charge in [0.15, 0.2) is 5.82 Å². The van der Waals surface area contributed by atoms with Crippen LogP contribution < -0.4 is 0 Å². The van der Waals surface area contributed by atoms with E-state index in [0.717, 1.165) is 19.3 Å². The van der Waals surface area contributed by atoms with Crippen LogP contribution >= 0.6 is 0 Å². The van der Waals surface area contributed by atoms with Gasteiger partial charge in [0, 0.05) is 16.2 Å². The molecular weight excluding hydrogens is 296 g/mol. The van der Waals surface area contributed by atoms with E-state index < -0.39 is 10.8 Å². The molecule has 1 aliphatic rings. The Morgan fingerprint density at radius 3 is 2.82 bits per heavy atom. The van der Waals surface area contributed by atoms with Crippen LogP contribution in [0.25, 0.3) is 0 Å². The van der Waals surface area contributed by atoms with Crippen LogP contribution in [0.4, 0.5) is 0 Å². The number of hydrogen-bond donors (Lipinski definition) is 0. The van der Waals surface area contributed by atoms with Gasteiger partial charge in [0.05, 0.1) is 5.25 Å². The number of nitrogens with zero attached hydrogens (tertiary/aromatic N) is 2. The summed E-state index contributed by atoms with van der Waals surface area (Å²) in [6, 6.07) is 8.32. The predicted octanol–water partition coefficient (Wildman–Crippen LogP) is 3.69. The molecule has 0 bridgehead atoms.